The molecule has 6 nitrogen and oxygen atoms in total. The molecule has 0 saturated carbocycles. The number of benzene rings is 3. The topological polar surface area (TPSA) is 87.3 Å². The summed E-state index contributed by atoms with van der Waals surface area (Å²) in [6.45, 7) is 2.29. The van der Waals surface area contributed by atoms with E-state index < -0.39 is 0 Å². The monoisotopic (exact) mass is 415 g/mol. The van der Waals surface area contributed by atoms with Gasteiger partial charge in [0.1, 0.15) is 0 Å². The molecule has 158 valence electrons. The van der Waals surface area contributed by atoms with Gasteiger partial charge in [-0.15, -0.1) is 0 Å². The predicted molar refractivity (Wildman–Crippen MR) is 122 cm³/mol. The summed E-state index contributed by atoms with van der Waals surface area (Å²) in [4.78, 5) is 36.4. The van der Waals surface area contributed by atoms with Gasteiger partial charge in [-0.3, -0.25) is 14.4 Å². The van der Waals surface area contributed by atoms with E-state index in [2.05, 4.69) is 16.0 Å². The lowest BCUT2D eigenvalue weighted by Crippen LogP contribution is -2.23. The second-order valence-corrected chi connectivity index (χ2v) is 7.08. The highest BCUT2D eigenvalue weighted by atomic mass is 16.2. The van der Waals surface area contributed by atoms with Gasteiger partial charge in [0, 0.05) is 35.5 Å². The van der Waals surface area contributed by atoms with Gasteiger partial charge in [-0.2, -0.15) is 0 Å². The Hall–Kier alpha value is -3.93. The van der Waals surface area contributed by atoms with Crippen molar-refractivity contribution in [3.63, 3.8) is 0 Å². The SMILES string of the molecule is CCCC(=O)Nc1cccc(CNC(=O)c2ccc(NC(=O)c3ccccc3)cc2)c1. The molecule has 3 rings (SSSR count). The summed E-state index contributed by atoms with van der Waals surface area (Å²) in [5.74, 6) is -0.451. The second-order valence-electron chi connectivity index (χ2n) is 7.08. The van der Waals surface area contributed by atoms with E-state index in [1.807, 2.05) is 37.3 Å². The van der Waals surface area contributed by atoms with E-state index in [9.17, 15) is 14.4 Å². The Morgan fingerprint density at radius 2 is 1.42 bits per heavy atom. The molecule has 0 radical (unpaired) electrons. The highest BCUT2D eigenvalue weighted by Gasteiger charge is 2.08. The molecule has 0 heterocycles. The molecule has 0 atom stereocenters. The lowest BCUT2D eigenvalue weighted by molar-refractivity contribution is -0.116. The Balaban J connectivity index is 1.54. The van der Waals surface area contributed by atoms with E-state index in [0.29, 0.717) is 35.5 Å². The number of carbonyl (C=O) groups excluding carboxylic acids is 3. The highest BCUT2D eigenvalue weighted by molar-refractivity contribution is 6.04. The van der Waals surface area contributed by atoms with Gasteiger partial charge in [0.2, 0.25) is 5.91 Å². The summed E-state index contributed by atoms with van der Waals surface area (Å²) in [6, 6.07) is 23.0. The number of carbonyl (C=O) groups is 3. The van der Waals surface area contributed by atoms with Crippen molar-refractivity contribution < 1.29 is 14.4 Å². The molecule has 0 saturated heterocycles. The molecule has 3 aromatic carbocycles. The van der Waals surface area contributed by atoms with Crippen molar-refractivity contribution in [2.24, 2.45) is 0 Å². The molecule has 0 bridgehead atoms. The van der Waals surface area contributed by atoms with Crippen molar-refractivity contribution in [2.75, 3.05) is 10.6 Å². The maximum Gasteiger partial charge on any atom is 0.255 e. The van der Waals surface area contributed by atoms with Crippen LogP contribution in [-0.2, 0) is 11.3 Å². The number of rotatable bonds is 8. The highest BCUT2D eigenvalue weighted by Crippen LogP contribution is 2.13. The lowest BCUT2D eigenvalue weighted by Gasteiger charge is -2.09. The van der Waals surface area contributed by atoms with Gasteiger partial charge in [0.15, 0.2) is 0 Å². The van der Waals surface area contributed by atoms with E-state index in [1.165, 1.54) is 0 Å². The molecule has 0 aliphatic carbocycles. The van der Waals surface area contributed by atoms with Crippen LogP contribution in [0.4, 0.5) is 11.4 Å². The molecule has 31 heavy (non-hydrogen) atoms. The van der Waals surface area contributed by atoms with Crippen LogP contribution in [0, 0.1) is 0 Å². The van der Waals surface area contributed by atoms with Crippen LogP contribution in [0.15, 0.2) is 78.9 Å². The first-order valence-corrected chi connectivity index (χ1v) is 10.2. The molecule has 0 aromatic heterocycles. The van der Waals surface area contributed by atoms with Crippen molar-refractivity contribution in [2.45, 2.75) is 26.3 Å². The summed E-state index contributed by atoms with van der Waals surface area (Å²) >= 11 is 0. The van der Waals surface area contributed by atoms with Gasteiger partial charge < -0.3 is 16.0 Å². The summed E-state index contributed by atoms with van der Waals surface area (Å²) < 4.78 is 0. The van der Waals surface area contributed by atoms with Crippen LogP contribution in [0.5, 0.6) is 0 Å². The Kier molecular flexibility index (Phi) is 7.54. The zero-order valence-electron chi connectivity index (χ0n) is 17.4. The molecule has 3 amide bonds. The third kappa shape index (κ3) is 6.54. The summed E-state index contributed by atoms with van der Waals surface area (Å²) in [6.07, 6.45) is 1.26. The van der Waals surface area contributed by atoms with Gasteiger partial charge in [0.25, 0.3) is 11.8 Å². The predicted octanol–water partition coefficient (Wildman–Crippen LogP) is 4.61. The van der Waals surface area contributed by atoms with Gasteiger partial charge in [0.05, 0.1) is 0 Å². The van der Waals surface area contributed by atoms with Crippen LogP contribution in [0.1, 0.15) is 46.0 Å². The first kappa shape index (κ1) is 21.8. The van der Waals surface area contributed by atoms with E-state index in [0.717, 1.165) is 12.0 Å². The average Bonchev–Trinajstić information content (AvgIpc) is 2.79. The minimum absolute atomic E-state index is 0.0249. The molecule has 0 fully saturated rings. The fourth-order valence-corrected chi connectivity index (χ4v) is 2.99. The quantitative estimate of drug-likeness (QED) is 0.502. The fraction of sp³-hybridized carbons (Fsp3) is 0.160. The molecule has 3 N–H and O–H groups in total. The van der Waals surface area contributed by atoms with E-state index in [1.54, 1.807) is 48.5 Å². The number of hydrogen-bond acceptors (Lipinski definition) is 3. The third-order valence-electron chi connectivity index (χ3n) is 4.58. The van der Waals surface area contributed by atoms with Crippen LogP contribution in [0.3, 0.4) is 0 Å². The van der Waals surface area contributed by atoms with Crippen molar-refractivity contribution in [1.29, 1.82) is 0 Å². The van der Waals surface area contributed by atoms with Crippen molar-refractivity contribution in [1.82, 2.24) is 5.32 Å². The van der Waals surface area contributed by atoms with Crippen LogP contribution >= 0.6 is 0 Å². The Bertz CT molecular complexity index is 1050. The van der Waals surface area contributed by atoms with E-state index in [4.69, 9.17) is 0 Å². The van der Waals surface area contributed by atoms with Gasteiger partial charge in [-0.25, -0.2) is 0 Å². The van der Waals surface area contributed by atoms with Crippen LogP contribution in [0.25, 0.3) is 0 Å². The van der Waals surface area contributed by atoms with Gasteiger partial charge in [-0.05, 0) is 60.5 Å². The minimum atomic E-state index is -0.221. The molecule has 0 aliphatic heterocycles. The van der Waals surface area contributed by atoms with Crippen molar-refractivity contribution in [3.05, 3.63) is 95.6 Å². The van der Waals surface area contributed by atoms with Crippen LogP contribution < -0.4 is 16.0 Å². The maximum absolute atomic E-state index is 12.5. The Labute approximate surface area is 181 Å². The van der Waals surface area contributed by atoms with E-state index >= 15 is 0 Å². The second kappa shape index (κ2) is 10.7. The number of nitrogens with one attached hydrogen (secondary N) is 3. The molecule has 3 aromatic rings. The maximum atomic E-state index is 12.5. The van der Waals surface area contributed by atoms with Gasteiger partial charge in [-0.1, -0.05) is 37.3 Å². The summed E-state index contributed by atoms with van der Waals surface area (Å²) in [5, 5.41) is 8.53. The first-order valence-electron chi connectivity index (χ1n) is 10.2. The average molecular weight is 415 g/mol. The molecule has 0 spiro atoms. The fourth-order valence-electron chi connectivity index (χ4n) is 2.99. The smallest absolute Gasteiger partial charge is 0.255 e. The summed E-state index contributed by atoms with van der Waals surface area (Å²) in [7, 11) is 0. The largest absolute Gasteiger partial charge is 0.348 e. The van der Waals surface area contributed by atoms with Crippen LogP contribution in [-0.4, -0.2) is 17.7 Å². The molecular weight excluding hydrogens is 390 g/mol. The first-order chi connectivity index (χ1) is 15.0. The van der Waals surface area contributed by atoms with Gasteiger partial charge >= 0.3 is 0 Å². The zero-order valence-corrected chi connectivity index (χ0v) is 17.4. The standard InChI is InChI=1S/C25H25N3O3/c1-2-7-23(29)27-22-11-6-8-18(16-22)17-26-24(30)20-12-14-21(15-13-20)28-25(31)19-9-4-3-5-10-19/h3-6,8-16H,2,7,17H2,1H3,(H,26,30)(H,27,29)(H,28,31). The Morgan fingerprint density at radius 1 is 0.710 bits per heavy atom. The zero-order chi connectivity index (χ0) is 22.1. The third-order valence-corrected chi connectivity index (χ3v) is 4.58. The molecule has 0 unspecified atom stereocenters. The Morgan fingerprint density at radius 3 is 2.13 bits per heavy atom. The molecule has 0 aliphatic rings. The van der Waals surface area contributed by atoms with Crippen LogP contribution in [0.2, 0.25) is 0 Å². The van der Waals surface area contributed by atoms with E-state index in [-0.39, 0.29) is 17.7 Å². The number of amides is 3. The number of anilines is 2. The normalized spacial score (nSPS) is 10.2. The van der Waals surface area contributed by atoms with Crippen molar-refractivity contribution >= 4 is 29.1 Å². The summed E-state index contributed by atoms with van der Waals surface area (Å²) in [5.41, 5.74) is 3.27. The lowest BCUT2D eigenvalue weighted by atomic mass is 10.1. The van der Waals surface area contributed by atoms with Crippen molar-refractivity contribution in [3.8, 4) is 0 Å². The number of hydrogen-bond donors (Lipinski definition) is 3. The molecule has 6 heteroatoms. The minimum Gasteiger partial charge on any atom is -0.348 e. The molecular formula is C25H25N3O3.